The third-order valence-corrected chi connectivity index (χ3v) is 6.18. The van der Waals surface area contributed by atoms with Crippen LogP contribution in [0.5, 0.6) is 5.88 Å². The zero-order valence-corrected chi connectivity index (χ0v) is 18.9. The van der Waals surface area contributed by atoms with Crippen molar-refractivity contribution in [1.82, 2.24) is 15.6 Å². The molecular formula is C24H22Cl2FN3O2. The smallest absolute Gasteiger partial charge is 0.221 e. The molecule has 2 heterocycles. The van der Waals surface area contributed by atoms with Crippen molar-refractivity contribution in [1.29, 1.82) is 0 Å². The van der Waals surface area contributed by atoms with Crippen molar-refractivity contribution < 1.29 is 13.9 Å². The van der Waals surface area contributed by atoms with Gasteiger partial charge in [-0.1, -0.05) is 59.6 Å². The molecule has 1 aliphatic rings. The molecule has 1 atom stereocenters. The Bertz CT molecular complexity index is 1160. The second-order valence-electron chi connectivity index (χ2n) is 7.56. The number of carbonyl (C=O) groups excluding carboxylic acids is 1. The zero-order chi connectivity index (χ0) is 22.7. The third-order valence-electron chi connectivity index (χ3n) is 5.44. The molecule has 0 unspecified atom stereocenters. The Hall–Kier alpha value is -2.67. The number of nitrogens with zero attached hydrogens (tertiary/aromatic N) is 1. The summed E-state index contributed by atoms with van der Waals surface area (Å²) in [5, 5.41) is 7.05. The van der Waals surface area contributed by atoms with E-state index in [1.54, 1.807) is 12.1 Å². The highest BCUT2D eigenvalue weighted by Crippen LogP contribution is 2.39. The molecule has 1 aliphatic heterocycles. The van der Waals surface area contributed by atoms with Crippen molar-refractivity contribution in [2.75, 3.05) is 13.7 Å². The lowest BCUT2D eigenvalue weighted by atomic mass is 10.0. The van der Waals surface area contributed by atoms with Gasteiger partial charge in [0.2, 0.25) is 11.8 Å². The van der Waals surface area contributed by atoms with Crippen LogP contribution in [0.15, 0.2) is 48.5 Å². The maximum absolute atomic E-state index is 15.1. The van der Waals surface area contributed by atoms with Gasteiger partial charge in [0.25, 0.3) is 0 Å². The fourth-order valence-electron chi connectivity index (χ4n) is 3.80. The van der Waals surface area contributed by atoms with Gasteiger partial charge in [0.1, 0.15) is 5.82 Å². The Morgan fingerprint density at radius 2 is 1.91 bits per heavy atom. The van der Waals surface area contributed by atoms with E-state index in [1.165, 1.54) is 13.2 Å². The van der Waals surface area contributed by atoms with Gasteiger partial charge in [-0.05, 0) is 12.5 Å². The summed E-state index contributed by atoms with van der Waals surface area (Å²) in [7, 11) is 1.45. The van der Waals surface area contributed by atoms with Crippen molar-refractivity contribution in [3.63, 3.8) is 0 Å². The summed E-state index contributed by atoms with van der Waals surface area (Å²) >= 11 is 13.0. The van der Waals surface area contributed by atoms with Gasteiger partial charge in [0, 0.05) is 53.3 Å². The number of rotatable bonds is 7. The third kappa shape index (κ3) is 4.72. The number of aromatic nitrogens is 1. The lowest BCUT2D eigenvalue weighted by molar-refractivity contribution is -0.119. The van der Waals surface area contributed by atoms with Gasteiger partial charge in [-0.3, -0.25) is 4.79 Å². The van der Waals surface area contributed by atoms with E-state index in [0.717, 1.165) is 17.5 Å². The first-order chi connectivity index (χ1) is 15.5. The van der Waals surface area contributed by atoms with Crippen LogP contribution in [-0.4, -0.2) is 30.6 Å². The van der Waals surface area contributed by atoms with E-state index in [2.05, 4.69) is 15.6 Å². The maximum Gasteiger partial charge on any atom is 0.221 e. The van der Waals surface area contributed by atoms with Crippen molar-refractivity contribution >= 4 is 29.1 Å². The highest BCUT2D eigenvalue weighted by Gasteiger charge is 2.21. The summed E-state index contributed by atoms with van der Waals surface area (Å²) in [4.78, 5) is 15.8. The van der Waals surface area contributed by atoms with Crippen LogP contribution in [0, 0.1) is 5.82 Å². The summed E-state index contributed by atoms with van der Waals surface area (Å²) in [6.45, 7) is 0.768. The van der Waals surface area contributed by atoms with Gasteiger partial charge >= 0.3 is 0 Å². The van der Waals surface area contributed by atoms with E-state index >= 15 is 4.39 Å². The first-order valence-corrected chi connectivity index (χ1v) is 11.0. The standard InChI is InChI=1S/C24H22Cl2FN3O2/c1-32-24-18(13-28-12-14-9-10-22(31)29-14)20(27)11-21(30-24)17-7-4-6-16(23(17)26)15-5-2-3-8-19(15)25/h2-8,11,14,28H,9-10,12-13H2,1H3,(H,29,31)/t14-/m0/s1. The molecule has 1 amide bonds. The van der Waals surface area contributed by atoms with Crippen LogP contribution in [0.3, 0.4) is 0 Å². The molecule has 0 bridgehead atoms. The molecule has 2 aromatic carbocycles. The number of nitrogens with one attached hydrogen (secondary N) is 2. The number of hydrogen-bond donors (Lipinski definition) is 2. The van der Waals surface area contributed by atoms with Gasteiger partial charge in [-0.25, -0.2) is 9.37 Å². The summed E-state index contributed by atoms with van der Waals surface area (Å²) in [5.41, 5.74) is 2.78. The van der Waals surface area contributed by atoms with Crippen LogP contribution in [-0.2, 0) is 11.3 Å². The predicted octanol–water partition coefficient (Wildman–Crippen LogP) is 5.24. The van der Waals surface area contributed by atoms with E-state index in [1.807, 2.05) is 30.3 Å². The second kappa shape index (κ2) is 9.86. The molecule has 1 fully saturated rings. The van der Waals surface area contributed by atoms with Gasteiger partial charge in [-0.15, -0.1) is 0 Å². The van der Waals surface area contributed by atoms with Crippen LogP contribution in [0.25, 0.3) is 22.4 Å². The molecule has 4 rings (SSSR count). The van der Waals surface area contributed by atoms with E-state index in [-0.39, 0.29) is 24.4 Å². The van der Waals surface area contributed by atoms with E-state index < -0.39 is 5.82 Å². The fraction of sp³-hybridized carbons (Fsp3) is 0.250. The summed E-state index contributed by atoms with van der Waals surface area (Å²) in [5.74, 6) is -0.223. The first-order valence-electron chi connectivity index (χ1n) is 10.2. The van der Waals surface area contributed by atoms with Gasteiger partial charge in [-0.2, -0.15) is 0 Å². The highest BCUT2D eigenvalue weighted by molar-refractivity contribution is 6.38. The minimum Gasteiger partial charge on any atom is -0.481 e. The molecular weight excluding hydrogens is 452 g/mol. The van der Waals surface area contributed by atoms with Crippen LogP contribution < -0.4 is 15.4 Å². The maximum atomic E-state index is 15.1. The summed E-state index contributed by atoms with van der Waals surface area (Å²) < 4.78 is 20.4. The lowest BCUT2D eigenvalue weighted by Crippen LogP contribution is -2.35. The molecule has 0 aliphatic carbocycles. The number of methoxy groups -OCH3 is 1. The van der Waals surface area contributed by atoms with Crippen molar-refractivity contribution in [2.24, 2.45) is 0 Å². The average molecular weight is 474 g/mol. The molecule has 0 saturated carbocycles. The minimum absolute atomic E-state index is 0.0440. The largest absolute Gasteiger partial charge is 0.481 e. The number of hydrogen-bond acceptors (Lipinski definition) is 4. The fourth-order valence-corrected chi connectivity index (χ4v) is 4.37. The number of amides is 1. The second-order valence-corrected chi connectivity index (χ2v) is 8.34. The van der Waals surface area contributed by atoms with Crippen LogP contribution in [0.4, 0.5) is 4.39 Å². The minimum atomic E-state index is -0.450. The Kier molecular flexibility index (Phi) is 6.94. The van der Waals surface area contributed by atoms with E-state index in [0.29, 0.717) is 39.8 Å². The summed E-state index contributed by atoms with van der Waals surface area (Å²) in [6.07, 6.45) is 1.29. The lowest BCUT2D eigenvalue weighted by Gasteiger charge is -2.15. The number of benzene rings is 2. The monoisotopic (exact) mass is 473 g/mol. The van der Waals surface area contributed by atoms with Crippen molar-refractivity contribution in [3.8, 4) is 28.3 Å². The Morgan fingerprint density at radius 3 is 2.62 bits per heavy atom. The average Bonchev–Trinajstić information content (AvgIpc) is 3.20. The van der Waals surface area contributed by atoms with Crippen LogP contribution in [0.1, 0.15) is 18.4 Å². The van der Waals surface area contributed by atoms with Gasteiger partial charge in [0.15, 0.2) is 0 Å². The molecule has 32 heavy (non-hydrogen) atoms. The molecule has 0 radical (unpaired) electrons. The first kappa shape index (κ1) is 22.5. The number of pyridine rings is 1. The molecule has 5 nitrogen and oxygen atoms in total. The molecule has 2 N–H and O–H groups in total. The summed E-state index contributed by atoms with van der Waals surface area (Å²) in [6, 6.07) is 14.3. The number of carbonyl (C=O) groups is 1. The quantitative estimate of drug-likeness (QED) is 0.492. The Balaban J connectivity index is 1.61. The van der Waals surface area contributed by atoms with E-state index in [9.17, 15) is 4.79 Å². The molecule has 0 spiro atoms. The SMILES string of the molecule is COc1nc(-c2cccc(-c3ccccc3Cl)c2Cl)cc(F)c1CNC[C@@H]1CCC(=O)N1. The topological polar surface area (TPSA) is 63.2 Å². The number of ether oxygens (including phenoxy) is 1. The highest BCUT2D eigenvalue weighted by atomic mass is 35.5. The van der Waals surface area contributed by atoms with Crippen molar-refractivity contribution in [3.05, 3.63) is 70.0 Å². The Labute approximate surface area is 195 Å². The molecule has 1 aromatic heterocycles. The van der Waals surface area contributed by atoms with Gasteiger partial charge < -0.3 is 15.4 Å². The predicted molar refractivity (Wildman–Crippen MR) is 125 cm³/mol. The molecule has 1 saturated heterocycles. The van der Waals surface area contributed by atoms with Crippen LogP contribution in [0.2, 0.25) is 10.0 Å². The molecule has 166 valence electrons. The van der Waals surface area contributed by atoms with Crippen molar-refractivity contribution in [2.45, 2.75) is 25.4 Å². The normalized spacial score (nSPS) is 15.6. The molecule has 8 heteroatoms. The van der Waals surface area contributed by atoms with E-state index in [4.69, 9.17) is 27.9 Å². The van der Waals surface area contributed by atoms with Crippen LogP contribution >= 0.6 is 23.2 Å². The molecule has 3 aromatic rings. The number of halogens is 3. The zero-order valence-electron chi connectivity index (χ0n) is 17.4. The van der Waals surface area contributed by atoms with Gasteiger partial charge in [0.05, 0.1) is 23.4 Å². The Morgan fingerprint density at radius 1 is 1.16 bits per heavy atom.